The Labute approximate surface area is 339 Å². The summed E-state index contributed by atoms with van der Waals surface area (Å²) in [4.78, 5) is 35.9. The van der Waals surface area contributed by atoms with E-state index in [1.165, 1.54) is 0 Å². The number of terminal acetylenes is 1. The number of amides is 1. The van der Waals surface area contributed by atoms with Crippen LogP contribution in [0, 0.1) is 25.2 Å². The average molecular weight is 829 g/mol. The number of ketones is 1. The topological polar surface area (TPSA) is 163 Å². The summed E-state index contributed by atoms with van der Waals surface area (Å²) in [6.45, 7) is 6.75. The normalized spacial score (nSPS) is 21.5. The molecule has 4 atom stereocenters. The molecule has 310 valence electrons. The Bertz CT molecular complexity index is 2010. The first-order chi connectivity index (χ1) is 27.5. The minimum absolute atomic E-state index is 0.00484. The van der Waals surface area contributed by atoms with Gasteiger partial charge in [0.15, 0.2) is 11.4 Å². The maximum absolute atomic E-state index is 14.1. The zero-order valence-electron chi connectivity index (χ0n) is 32.7. The number of carbonyl (C=O) groups is 2. The van der Waals surface area contributed by atoms with Gasteiger partial charge in [-0.2, -0.15) is 5.10 Å². The van der Waals surface area contributed by atoms with Gasteiger partial charge in [-0.3, -0.25) is 14.4 Å². The molecule has 6 rings (SSSR count). The van der Waals surface area contributed by atoms with Crippen molar-refractivity contribution in [2.24, 2.45) is 5.92 Å². The molecule has 3 aromatic rings. The molecule has 1 aromatic carbocycles. The van der Waals surface area contributed by atoms with Gasteiger partial charge in [-0.05, 0) is 44.4 Å². The van der Waals surface area contributed by atoms with Crippen LogP contribution < -0.4 is 9.62 Å². The fourth-order valence-electron chi connectivity index (χ4n) is 7.88. The summed E-state index contributed by atoms with van der Waals surface area (Å²) in [5.41, 5.74) is 3.03. The standard InChI is InChI=1S/C40H53ClN6O9S/c1-4-14-52-16-18-54-20-21-55-19-17-53-15-13-46-35-26-45(27-36(35)56-40(46)49)39-28(2)25-47-37(42-39)24-34(43-47)29-9-7-5-6-8-10-30(22-29)38(48)32-23-31(41)11-12-33(32)44-57(3,50)51/h1,11-12,23-25,29-30,35-36,44H,5-10,13-22,26-27H2,2-3H3/t29-,30?,35-,36+/m1/s1. The number of hydrogen-bond donors (Lipinski definition) is 1. The summed E-state index contributed by atoms with van der Waals surface area (Å²) in [7, 11) is -3.61. The second-order valence-corrected chi connectivity index (χ2v) is 17.0. The van der Waals surface area contributed by atoms with E-state index in [0.717, 1.165) is 55.4 Å². The Morgan fingerprint density at radius 2 is 1.70 bits per heavy atom. The third-order valence-electron chi connectivity index (χ3n) is 10.6. The SMILES string of the molecule is C#CCOCCOCCOCCOCCN1C(=O)O[C@H]2CN(c3nc4cc([C@@H]5CCCCCCC(C(=O)c6cc(Cl)ccc6NS(C)(=O)=O)C5)nn4cc3C)C[C@H]21. The number of carbonyl (C=O) groups excluding carboxylic acids is 2. The van der Waals surface area contributed by atoms with Gasteiger partial charge in [0.1, 0.15) is 18.5 Å². The van der Waals surface area contributed by atoms with Gasteiger partial charge in [0.05, 0.1) is 76.5 Å². The zero-order valence-corrected chi connectivity index (χ0v) is 34.3. The number of aryl methyl sites for hydroxylation is 1. The molecule has 1 N–H and O–H groups in total. The molecule has 57 heavy (non-hydrogen) atoms. The molecule has 2 saturated heterocycles. The van der Waals surface area contributed by atoms with Gasteiger partial charge in [0.2, 0.25) is 10.0 Å². The van der Waals surface area contributed by atoms with Gasteiger partial charge >= 0.3 is 6.09 Å². The van der Waals surface area contributed by atoms with Crippen LogP contribution in [0.3, 0.4) is 0 Å². The third kappa shape index (κ3) is 11.6. The number of ether oxygens (including phenoxy) is 5. The van der Waals surface area contributed by atoms with Crippen molar-refractivity contribution in [1.82, 2.24) is 19.5 Å². The number of sulfonamides is 1. The van der Waals surface area contributed by atoms with Gasteiger partial charge in [-0.1, -0.05) is 43.2 Å². The number of halogens is 1. The molecule has 0 spiro atoms. The number of anilines is 2. The predicted molar refractivity (Wildman–Crippen MR) is 216 cm³/mol. The van der Waals surface area contributed by atoms with E-state index >= 15 is 0 Å². The minimum Gasteiger partial charge on any atom is -0.442 e. The van der Waals surface area contributed by atoms with Gasteiger partial charge in [-0.25, -0.2) is 22.7 Å². The number of nitrogens with zero attached hydrogens (tertiary/aromatic N) is 5. The van der Waals surface area contributed by atoms with Crippen LogP contribution in [0.15, 0.2) is 30.5 Å². The number of nitrogens with one attached hydrogen (secondary N) is 1. The lowest BCUT2D eigenvalue weighted by molar-refractivity contribution is -0.000440. The number of Topliss-reactive ketones (excluding diaryl/α,β-unsaturated/α-hetero) is 1. The van der Waals surface area contributed by atoms with Crippen molar-refractivity contribution in [3.8, 4) is 12.3 Å². The van der Waals surface area contributed by atoms with E-state index in [0.29, 0.717) is 89.4 Å². The lowest BCUT2D eigenvalue weighted by Gasteiger charge is -2.24. The fraction of sp³-hybridized carbons (Fsp3) is 0.600. The number of benzene rings is 1. The number of fused-ring (bicyclic) bond motifs is 2. The lowest BCUT2D eigenvalue weighted by atomic mass is 9.83. The molecule has 15 nitrogen and oxygen atoms in total. The molecule has 1 unspecified atom stereocenters. The van der Waals surface area contributed by atoms with Crippen LogP contribution in [0.25, 0.3) is 5.65 Å². The largest absolute Gasteiger partial charge is 0.442 e. The molecular formula is C40H53ClN6O9S. The molecule has 2 aliphatic heterocycles. The first-order valence-electron chi connectivity index (χ1n) is 19.7. The van der Waals surface area contributed by atoms with Crippen LogP contribution in [0.5, 0.6) is 0 Å². The highest BCUT2D eigenvalue weighted by atomic mass is 35.5. The second-order valence-electron chi connectivity index (χ2n) is 14.9. The molecule has 1 amide bonds. The first kappa shape index (κ1) is 42.6. The first-order valence-corrected chi connectivity index (χ1v) is 21.9. The van der Waals surface area contributed by atoms with E-state index in [1.807, 2.05) is 19.2 Å². The highest BCUT2D eigenvalue weighted by molar-refractivity contribution is 7.92. The molecule has 3 aliphatic rings. The van der Waals surface area contributed by atoms with Crippen molar-refractivity contribution in [1.29, 1.82) is 0 Å². The molecule has 0 bridgehead atoms. The number of hydrogen-bond acceptors (Lipinski definition) is 12. The summed E-state index contributed by atoms with van der Waals surface area (Å²) < 4.78 is 56.2. The van der Waals surface area contributed by atoms with Crippen molar-refractivity contribution in [2.75, 3.05) is 88.4 Å². The molecular weight excluding hydrogens is 776 g/mol. The van der Waals surface area contributed by atoms with E-state index < -0.39 is 10.0 Å². The van der Waals surface area contributed by atoms with Gasteiger partial charge < -0.3 is 28.6 Å². The van der Waals surface area contributed by atoms with Crippen LogP contribution >= 0.6 is 11.6 Å². The van der Waals surface area contributed by atoms with Gasteiger partial charge in [-0.15, -0.1) is 6.42 Å². The summed E-state index contributed by atoms with van der Waals surface area (Å²) in [5, 5.41) is 5.34. The second kappa shape index (κ2) is 20.1. The van der Waals surface area contributed by atoms with Crippen molar-refractivity contribution < 1.29 is 41.7 Å². The van der Waals surface area contributed by atoms with Crippen molar-refractivity contribution in [2.45, 2.75) is 69.9 Å². The van der Waals surface area contributed by atoms with Crippen LogP contribution in [0.4, 0.5) is 16.3 Å². The highest BCUT2D eigenvalue weighted by Crippen LogP contribution is 2.37. The van der Waals surface area contributed by atoms with Crippen LogP contribution in [0.1, 0.15) is 72.5 Å². The fourth-order valence-corrected chi connectivity index (χ4v) is 8.63. The maximum atomic E-state index is 14.1. The Kier molecular flexibility index (Phi) is 15.1. The molecule has 4 heterocycles. The van der Waals surface area contributed by atoms with Gasteiger partial charge in [0.25, 0.3) is 0 Å². The highest BCUT2D eigenvalue weighted by Gasteiger charge is 2.48. The summed E-state index contributed by atoms with van der Waals surface area (Å²) in [5.74, 6) is 2.76. The van der Waals surface area contributed by atoms with Crippen molar-refractivity contribution in [3.05, 3.63) is 52.3 Å². The smallest absolute Gasteiger partial charge is 0.410 e. The lowest BCUT2D eigenvalue weighted by Crippen LogP contribution is -2.40. The maximum Gasteiger partial charge on any atom is 0.410 e. The van der Waals surface area contributed by atoms with E-state index in [-0.39, 0.29) is 53.7 Å². The zero-order chi connectivity index (χ0) is 40.4. The number of rotatable bonds is 19. The Hall–Kier alpha value is -3.98. The predicted octanol–water partition coefficient (Wildman–Crippen LogP) is 5.10. The molecule has 2 aromatic heterocycles. The molecule has 1 aliphatic carbocycles. The molecule has 17 heteroatoms. The van der Waals surface area contributed by atoms with Crippen molar-refractivity contribution >= 4 is 50.7 Å². The van der Waals surface area contributed by atoms with Crippen LogP contribution in [-0.2, 0) is 33.7 Å². The van der Waals surface area contributed by atoms with Gasteiger partial charge in [0, 0.05) is 53.3 Å². The summed E-state index contributed by atoms with van der Waals surface area (Å²) >= 11 is 6.31. The Morgan fingerprint density at radius 3 is 2.42 bits per heavy atom. The van der Waals surface area contributed by atoms with Crippen molar-refractivity contribution in [3.63, 3.8) is 0 Å². The average Bonchev–Trinajstić information content (AvgIpc) is 3.87. The van der Waals surface area contributed by atoms with E-state index in [9.17, 15) is 18.0 Å². The van der Waals surface area contributed by atoms with E-state index in [2.05, 4.69) is 15.5 Å². The Balaban J connectivity index is 1.05. The van der Waals surface area contributed by atoms with Crippen LogP contribution in [-0.4, -0.2) is 131 Å². The quantitative estimate of drug-likeness (QED) is 0.0969. The molecule has 0 radical (unpaired) electrons. The Morgan fingerprint density at radius 1 is 1.00 bits per heavy atom. The molecule has 1 saturated carbocycles. The van der Waals surface area contributed by atoms with E-state index in [4.69, 9.17) is 51.8 Å². The monoisotopic (exact) mass is 828 g/mol. The molecule has 3 fully saturated rings. The number of aromatic nitrogens is 3. The minimum atomic E-state index is -3.61. The summed E-state index contributed by atoms with van der Waals surface area (Å²) in [6.07, 6.45) is 13.7. The third-order valence-corrected chi connectivity index (χ3v) is 11.4. The van der Waals surface area contributed by atoms with Crippen LogP contribution in [0.2, 0.25) is 5.02 Å². The van der Waals surface area contributed by atoms with E-state index in [1.54, 1.807) is 27.6 Å². The summed E-state index contributed by atoms with van der Waals surface area (Å²) in [6, 6.07) is 6.56.